The van der Waals surface area contributed by atoms with Crippen LogP contribution in [0.1, 0.15) is 26.7 Å². The largest absolute Gasteiger partial charge is 0.378 e. The van der Waals surface area contributed by atoms with E-state index in [2.05, 4.69) is 29.0 Å². The predicted octanol–water partition coefficient (Wildman–Crippen LogP) is 0.781. The van der Waals surface area contributed by atoms with E-state index in [9.17, 15) is 0 Å². The normalized spacial score (nSPS) is 27.2. The third-order valence-electron chi connectivity index (χ3n) is 4.01. The summed E-state index contributed by atoms with van der Waals surface area (Å²) >= 11 is 0. The van der Waals surface area contributed by atoms with E-state index in [0.717, 1.165) is 26.3 Å². The topological polar surface area (TPSA) is 27.7 Å². The van der Waals surface area contributed by atoms with Gasteiger partial charge in [-0.2, -0.15) is 0 Å². The van der Waals surface area contributed by atoms with E-state index < -0.39 is 0 Å². The van der Waals surface area contributed by atoms with Gasteiger partial charge in [0.05, 0.1) is 13.2 Å². The van der Waals surface area contributed by atoms with Crippen LogP contribution < -0.4 is 5.32 Å². The van der Waals surface area contributed by atoms with Crippen LogP contribution in [0.5, 0.6) is 0 Å². The molecule has 0 aromatic rings. The van der Waals surface area contributed by atoms with Crippen LogP contribution in [0.25, 0.3) is 0 Å². The van der Waals surface area contributed by atoms with E-state index >= 15 is 0 Å². The molecule has 0 bridgehead atoms. The van der Waals surface area contributed by atoms with Crippen molar-refractivity contribution in [3.8, 4) is 0 Å². The van der Waals surface area contributed by atoms with Gasteiger partial charge in [-0.15, -0.1) is 0 Å². The maximum absolute atomic E-state index is 5.62. The Kier molecular flexibility index (Phi) is 5.89. The van der Waals surface area contributed by atoms with Crippen molar-refractivity contribution in [2.24, 2.45) is 0 Å². The number of ether oxygens (including phenoxy) is 1. The van der Waals surface area contributed by atoms with Gasteiger partial charge in [0, 0.05) is 38.3 Å². The summed E-state index contributed by atoms with van der Waals surface area (Å²) in [5, 5.41) is 3.54. The van der Waals surface area contributed by atoms with Crippen LogP contribution in [-0.4, -0.2) is 74.4 Å². The molecule has 18 heavy (non-hydrogen) atoms. The Labute approximate surface area is 112 Å². The van der Waals surface area contributed by atoms with Gasteiger partial charge in [-0.25, -0.2) is 0 Å². The molecule has 1 atom stereocenters. The van der Waals surface area contributed by atoms with Crippen LogP contribution in [0.4, 0.5) is 0 Å². The summed E-state index contributed by atoms with van der Waals surface area (Å²) in [6.07, 6.45) is 2.78. The third kappa shape index (κ3) is 4.50. The van der Waals surface area contributed by atoms with Crippen LogP contribution >= 0.6 is 0 Å². The molecule has 2 rings (SSSR count). The van der Waals surface area contributed by atoms with Gasteiger partial charge in [0.1, 0.15) is 0 Å². The number of likely N-dealkylation sites (tertiary alicyclic amines) is 1. The molecule has 2 heterocycles. The molecule has 0 spiro atoms. The molecule has 0 radical (unpaired) electrons. The van der Waals surface area contributed by atoms with Crippen LogP contribution in [0, 0.1) is 0 Å². The van der Waals surface area contributed by atoms with E-state index in [1.807, 2.05) is 0 Å². The average Bonchev–Trinajstić information content (AvgIpc) is 2.88. The monoisotopic (exact) mass is 255 g/mol. The summed E-state index contributed by atoms with van der Waals surface area (Å²) in [5.74, 6) is 0. The summed E-state index contributed by atoms with van der Waals surface area (Å²) in [7, 11) is 0. The van der Waals surface area contributed by atoms with Gasteiger partial charge in [0.25, 0.3) is 0 Å². The second kappa shape index (κ2) is 7.43. The molecule has 1 unspecified atom stereocenters. The minimum Gasteiger partial charge on any atom is -0.378 e. The lowest BCUT2D eigenvalue weighted by atomic mass is 10.2. The third-order valence-corrected chi connectivity index (χ3v) is 4.01. The van der Waals surface area contributed by atoms with Gasteiger partial charge in [-0.1, -0.05) is 13.8 Å². The zero-order valence-corrected chi connectivity index (χ0v) is 12.0. The quantitative estimate of drug-likeness (QED) is 0.759. The van der Waals surface area contributed by atoms with Gasteiger partial charge in [0.2, 0.25) is 0 Å². The smallest absolute Gasteiger partial charge is 0.0634 e. The standard InChI is InChI=1S/C14H29N3O/c1-13(2)15-11-14-12-18-10-9-17(14)8-7-16-5-3-4-6-16/h13-15H,3-12H2,1-2H3. The lowest BCUT2D eigenvalue weighted by molar-refractivity contribution is -0.0101. The van der Waals surface area contributed by atoms with Crippen molar-refractivity contribution < 1.29 is 4.74 Å². The number of hydrogen-bond donors (Lipinski definition) is 1. The number of morpholine rings is 1. The highest BCUT2D eigenvalue weighted by molar-refractivity contribution is 4.79. The lowest BCUT2D eigenvalue weighted by Crippen LogP contribution is -2.52. The average molecular weight is 255 g/mol. The minimum absolute atomic E-state index is 0.559. The molecule has 0 aromatic carbocycles. The minimum atomic E-state index is 0.559. The molecule has 0 aliphatic carbocycles. The summed E-state index contributed by atoms with van der Waals surface area (Å²) in [4.78, 5) is 5.21. The summed E-state index contributed by atoms with van der Waals surface area (Å²) < 4.78 is 5.62. The van der Waals surface area contributed by atoms with Gasteiger partial charge in [-0.3, -0.25) is 4.90 Å². The molecular formula is C14H29N3O. The molecule has 4 heteroatoms. The van der Waals surface area contributed by atoms with Crippen LogP contribution in [-0.2, 0) is 4.74 Å². The summed E-state index contributed by atoms with van der Waals surface area (Å²) in [6, 6.07) is 1.12. The molecule has 2 saturated heterocycles. The molecule has 2 aliphatic rings. The fourth-order valence-electron chi connectivity index (χ4n) is 2.82. The predicted molar refractivity (Wildman–Crippen MR) is 75.0 cm³/mol. The zero-order valence-electron chi connectivity index (χ0n) is 12.0. The first-order valence-electron chi connectivity index (χ1n) is 7.53. The first kappa shape index (κ1) is 14.3. The van der Waals surface area contributed by atoms with E-state index in [1.54, 1.807) is 0 Å². The van der Waals surface area contributed by atoms with Crippen LogP contribution in [0.3, 0.4) is 0 Å². The van der Waals surface area contributed by atoms with E-state index in [4.69, 9.17) is 4.74 Å². The number of nitrogens with one attached hydrogen (secondary N) is 1. The Hall–Kier alpha value is -0.160. The first-order chi connectivity index (χ1) is 8.75. The van der Waals surface area contributed by atoms with Gasteiger partial charge in [-0.05, 0) is 25.9 Å². The number of nitrogens with zero attached hydrogens (tertiary/aromatic N) is 2. The fraction of sp³-hybridized carbons (Fsp3) is 1.00. The second-order valence-electron chi connectivity index (χ2n) is 5.88. The van der Waals surface area contributed by atoms with Crippen LogP contribution in [0.15, 0.2) is 0 Å². The van der Waals surface area contributed by atoms with E-state index in [1.165, 1.54) is 39.0 Å². The summed E-state index contributed by atoms with van der Waals surface area (Å²) in [6.45, 7) is 13.4. The molecule has 1 N–H and O–H groups in total. The van der Waals surface area contributed by atoms with Crippen molar-refractivity contribution in [3.05, 3.63) is 0 Å². The Morgan fingerprint density at radius 2 is 1.94 bits per heavy atom. The summed E-state index contributed by atoms with van der Waals surface area (Å²) in [5.41, 5.74) is 0. The van der Waals surface area contributed by atoms with Crippen molar-refractivity contribution in [1.82, 2.24) is 15.1 Å². The van der Waals surface area contributed by atoms with E-state index in [-0.39, 0.29) is 0 Å². The Bertz CT molecular complexity index is 229. The molecular weight excluding hydrogens is 226 g/mol. The molecule has 0 amide bonds. The van der Waals surface area contributed by atoms with Crippen molar-refractivity contribution in [2.75, 3.05) is 52.5 Å². The lowest BCUT2D eigenvalue weighted by Gasteiger charge is -2.37. The number of hydrogen-bond acceptors (Lipinski definition) is 4. The highest BCUT2D eigenvalue weighted by atomic mass is 16.5. The Balaban J connectivity index is 1.72. The number of rotatable bonds is 6. The van der Waals surface area contributed by atoms with Crippen molar-refractivity contribution in [1.29, 1.82) is 0 Å². The Morgan fingerprint density at radius 3 is 2.67 bits per heavy atom. The SMILES string of the molecule is CC(C)NCC1COCCN1CCN1CCCC1. The van der Waals surface area contributed by atoms with Gasteiger partial charge >= 0.3 is 0 Å². The first-order valence-corrected chi connectivity index (χ1v) is 7.53. The van der Waals surface area contributed by atoms with Crippen LogP contribution in [0.2, 0.25) is 0 Å². The fourth-order valence-corrected chi connectivity index (χ4v) is 2.82. The maximum Gasteiger partial charge on any atom is 0.0634 e. The molecule has 2 fully saturated rings. The van der Waals surface area contributed by atoms with Crippen molar-refractivity contribution in [2.45, 2.75) is 38.8 Å². The van der Waals surface area contributed by atoms with Gasteiger partial charge < -0.3 is 15.0 Å². The molecule has 106 valence electrons. The second-order valence-corrected chi connectivity index (χ2v) is 5.88. The highest BCUT2D eigenvalue weighted by Crippen LogP contribution is 2.10. The zero-order chi connectivity index (χ0) is 12.8. The molecule has 0 aromatic heterocycles. The highest BCUT2D eigenvalue weighted by Gasteiger charge is 2.23. The Morgan fingerprint density at radius 1 is 1.17 bits per heavy atom. The molecule has 2 aliphatic heterocycles. The molecule has 4 nitrogen and oxygen atoms in total. The van der Waals surface area contributed by atoms with E-state index in [0.29, 0.717) is 12.1 Å². The van der Waals surface area contributed by atoms with Crippen molar-refractivity contribution in [3.63, 3.8) is 0 Å². The maximum atomic E-state index is 5.62. The molecule has 0 saturated carbocycles. The van der Waals surface area contributed by atoms with Gasteiger partial charge in [0.15, 0.2) is 0 Å². The van der Waals surface area contributed by atoms with Crippen molar-refractivity contribution >= 4 is 0 Å².